The molecule has 4 N–H and O–H groups in total. The summed E-state index contributed by atoms with van der Waals surface area (Å²) in [5.41, 5.74) is 2.88. The molecule has 1 aromatic heterocycles. The number of carbonyl (C=O) groups excluding carboxylic acids is 2. The average Bonchev–Trinajstić information content (AvgIpc) is 2.93. The molecule has 0 aliphatic carbocycles. The average molecular weight is 361 g/mol. The largest absolute Gasteiger partial charge is 0.464 e. The van der Waals surface area contributed by atoms with Crippen LogP contribution in [0, 0.1) is 11.8 Å². The molecule has 0 spiro atoms. The second-order valence-electron chi connectivity index (χ2n) is 6.64. The zero-order chi connectivity index (χ0) is 19.4. The molecule has 26 heavy (non-hydrogen) atoms. The fraction of sp³-hybridized carbons (Fsp3) is 0.389. The topological polar surface area (TPSA) is 121 Å². The van der Waals surface area contributed by atoms with E-state index >= 15 is 0 Å². The van der Waals surface area contributed by atoms with Crippen molar-refractivity contribution in [2.24, 2.45) is 11.8 Å². The maximum absolute atomic E-state index is 12.4. The Morgan fingerprint density at radius 3 is 2.35 bits per heavy atom. The molecule has 0 aliphatic heterocycles. The van der Waals surface area contributed by atoms with E-state index in [1.807, 2.05) is 12.1 Å². The summed E-state index contributed by atoms with van der Waals surface area (Å²) in [4.78, 5) is 35.5. The number of amides is 2. The molecule has 2 aromatic rings. The number of carboxylic acid groups (broad SMARTS) is 1. The predicted octanol–water partition coefficient (Wildman–Crippen LogP) is 1.99. The molecule has 8 nitrogen and oxygen atoms in total. The van der Waals surface area contributed by atoms with Crippen molar-refractivity contribution >= 4 is 28.8 Å². The van der Waals surface area contributed by atoms with Gasteiger partial charge in [0.25, 0.3) is 5.91 Å². The summed E-state index contributed by atoms with van der Waals surface area (Å²) in [5, 5.41) is 21.7. The summed E-state index contributed by atoms with van der Waals surface area (Å²) in [6.07, 6.45) is 0.859. The molecular weight excluding hydrogens is 338 g/mol. The van der Waals surface area contributed by atoms with Gasteiger partial charge < -0.3 is 10.4 Å². The Kier molecular flexibility index (Phi) is 5.99. The molecule has 1 aromatic carbocycles. The van der Waals surface area contributed by atoms with Gasteiger partial charge in [-0.05, 0) is 30.9 Å². The molecule has 0 bridgehead atoms. The maximum atomic E-state index is 12.4. The highest BCUT2D eigenvalue weighted by Crippen LogP contribution is 2.22. The fourth-order valence-electron chi connectivity index (χ4n) is 3.08. The summed E-state index contributed by atoms with van der Waals surface area (Å²) < 4.78 is 1.15. The number of fused-ring (bicyclic) bond motifs is 1. The van der Waals surface area contributed by atoms with Crippen LogP contribution in [-0.2, 0) is 16.0 Å². The summed E-state index contributed by atoms with van der Waals surface area (Å²) in [5.74, 6) is -2.54. The van der Waals surface area contributed by atoms with E-state index in [1.165, 1.54) is 11.7 Å². The quantitative estimate of drug-likeness (QED) is 0.356. The molecule has 0 saturated heterocycles. The molecule has 0 fully saturated rings. The highest BCUT2D eigenvalue weighted by Gasteiger charge is 2.30. The van der Waals surface area contributed by atoms with Gasteiger partial charge in [-0.2, -0.15) is 0 Å². The van der Waals surface area contributed by atoms with Crippen LogP contribution >= 0.6 is 0 Å². The van der Waals surface area contributed by atoms with Crippen LogP contribution in [0.4, 0.5) is 4.79 Å². The first-order chi connectivity index (χ1) is 12.3. The third kappa shape index (κ3) is 4.02. The number of rotatable bonds is 6. The van der Waals surface area contributed by atoms with Crippen LogP contribution in [0.5, 0.6) is 0 Å². The van der Waals surface area contributed by atoms with E-state index in [1.54, 1.807) is 32.9 Å². The van der Waals surface area contributed by atoms with E-state index in [-0.39, 0.29) is 12.0 Å². The first-order valence-electron chi connectivity index (χ1n) is 8.32. The smallest absolute Gasteiger partial charge is 0.416 e. The summed E-state index contributed by atoms with van der Waals surface area (Å²) in [6.45, 7) is 5.20. The fourth-order valence-corrected chi connectivity index (χ4v) is 3.08. The second kappa shape index (κ2) is 8.01. The number of hydrogen-bond donors (Lipinski definition) is 4. The second-order valence-corrected chi connectivity index (χ2v) is 6.64. The highest BCUT2D eigenvalue weighted by molar-refractivity contribution is 6.00. The molecule has 2 rings (SSSR count). The molecule has 2 atom stereocenters. The van der Waals surface area contributed by atoms with Crippen molar-refractivity contribution in [2.75, 3.05) is 0 Å². The lowest BCUT2D eigenvalue weighted by atomic mass is 9.93. The van der Waals surface area contributed by atoms with Crippen molar-refractivity contribution in [3.05, 3.63) is 36.0 Å². The van der Waals surface area contributed by atoms with Gasteiger partial charge in [0.05, 0.1) is 5.52 Å². The standard InChI is InChI=1S/C18H23N3O5/c1-10(2)15(17(23)20-26)16(22)19-11(3)8-12-9-21(18(24)25)14-7-5-4-6-13(12)14/h4-7,9-11,15,26H,8H2,1-3H3,(H,19,22)(H,20,23)(H,24,25)/t11-,15?/m1/s1. The molecule has 1 heterocycles. The van der Waals surface area contributed by atoms with Gasteiger partial charge in [0.1, 0.15) is 5.92 Å². The van der Waals surface area contributed by atoms with Crippen LogP contribution in [0.1, 0.15) is 26.3 Å². The van der Waals surface area contributed by atoms with E-state index in [0.717, 1.165) is 15.5 Å². The van der Waals surface area contributed by atoms with Gasteiger partial charge in [-0.15, -0.1) is 0 Å². The number of aromatic nitrogens is 1. The van der Waals surface area contributed by atoms with Crippen molar-refractivity contribution in [1.29, 1.82) is 0 Å². The van der Waals surface area contributed by atoms with Crippen LogP contribution < -0.4 is 10.8 Å². The summed E-state index contributed by atoms with van der Waals surface area (Å²) in [7, 11) is 0. The van der Waals surface area contributed by atoms with Crippen molar-refractivity contribution in [2.45, 2.75) is 33.2 Å². The zero-order valence-corrected chi connectivity index (χ0v) is 14.9. The Labute approximate surface area is 150 Å². The van der Waals surface area contributed by atoms with E-state index in [2.05, 4.69) is 5.32 Å². The molecule has 0 radical (unpaired) electrons. The van der Waals surface area contributed by atoms with Gasteiger partial charge in [-0.25, -0.2) is 10.3 Å². The highest BCUT2D eigenvalue weighted by atomic mass is 16.5. The Morgan fingerprint density at radius 1 is 1.12 bits per heavy atom. The number of benzene rings is 1. The van der Waals surface area contributed by atoms with E-state index in [9.17, 15) is 19.5 Å². The monoisotopic (exact) mass is 361 g/mol. The maximum Gasteiger partial charge on any atom is 0.416 e. The third-order valence-corrected chi connectivity index (χ3v) is 4.26. The van der Waals surface area contributed by atoms with E-state index in [0.29, 0.717) is 11.9 Å². The SMILES string of the molecule is CC(C)C(C(=O)NO)C(=O)N[C@H](C)Cc1cn(C(=O)O)c2ccccc12. The van der Waals surface area contributed by atoms with E-state index < -0.39 is 23.8 Å². The minimum Gasteiger partial charge on any atom is -0.464 e. The Balaban J connectivity index is 2.19. The van der Waals surface area contributed by atoms with Crippen LogP contribution in [0.2, 0.25) is 0 Å². The number of nitrogens with zero attached hydrogens (tertiary/aromatic N) is 1. The minimum absolute atomic E-state index is 0.289. The van der Waals surface area contributed by atoms with Crippen molar-refractivity contribution in [1.82, 2.24) is 15.4 Å². The van der Waals surface area contributed by atoms with Gasteiger partial charge in [-0.1, -0.05) is 32.0 Å². The van der Waals surface area contributed by atoms with Gasteiger partial charge in [0, 0.05) is 17.6 Å². The number of para-hydroxylation sites is 1. The zero-order valence-electron chi connectivity index (χ0n) is 14.9. The first kappa shape index (κ1) is 19.5. The summed E-state index contributed by atoms with van der Waals surface area (Å²) in [6, 6.07) is 6.80. The van der Waals surface area contributed by atoms with Crippen LogP contribution in [0.3, 0.4) is 0 Å². The van der Waals surface area contributed by atoms with Gasteiger partial charge in [0.15, 0.2) is 0 Å². The van der Waals surface area contributed by atoms with Crippen LogP contribution in [0.25, 0.3) is 10.9 Å². The number of nitrogens with one attached hydrogen (secondary N) is 2. The lowest BCUT2D eigenvalue weighted by molar-refractivity contribution is -0.142. The minimum atomic E-state index is -1.08. The van der Waals surface area contributed by atoms with Crippen molar-refractivity contribution < 1.29 is 24.7 Å². The van der Waals surface area contributed by atoms with Crippen molar-refractivity contribution in [3.8, 4) is 0 Å². The molecule has 140 valence electrons. The molecule has 2 amide bonds. The Hall–Kier alpha value is -2.87. The molecular formula is C18H23N3O5. The van der Waals surface area contributed by atoms with Crippen LogP contribution in [-0.4, -0.2) is 38.8 Å². The Bertz CT molecular complexity index is 827. The number of carbonyl (C=O) groups is 3. The van der Waals surface area contributed by atoms with Gasteiger partial charge >= 0.3 is 6.09 Å². The predicted molar refractivity (Wildman–Crippen MR) is 94.9 cm³/mol. The lowest BCUT2D eigenvalue weighted by Crippen LogP contribution is -2.46. The van der Waals surface area contributed by atoms with Crippen LogP contribution in [0.15, 0.2) is 30.5 Å². The normalized spacial score (nSPS) is 13.4. The third-order valence-electron chi connectivity index (χ3n) is 4.26. The molecule has 8 heteroatoms. The lowest BCUT2D eigenvalue weighted by Gasteiger charge is -2.21. The molecule has 1 unspecified atom stereocenters. The van der Waals surface area contributed by atoms with Gasteiger partial charge in [0.2, 0.25) is 5.91 Å². The van der Waals surface area contributed by atoms with E-state index in [4.69, 9.17) is 5.21 Å². The molecule has 0 aliphatic rings. The Morgan fingerprint density at radius 2 is 1.77 bits per heavy atom. The van der Waals surface area contributed by atoms with Crippen molar-refractivity contribution in [3.63, 3.8) is 0 Å². The van der Waals surface area contributed by atoms with Gasteiger partial charge in [-0.3, -0.25) is 19.4 Å². The summed E-state index contributed by atoms with van der Waals surface area (Å²) >= 11 is 0. The number of hydrogen-bond acceptors (Lipinski definition) is 4. The number of hydroxylamine groups is 1. The first-order valence-corrected chi connectivity index (χ1v) is 8.32. The molecule has 0 saturated carbocycles.